The fourth-order valence-electron chi connectivity index (χ4n) is 7.29. The third-order valence-electron chi connectivity index (χ3n) is 9.02. The van der Waals surface area contributed by atoms with Crippen molar-refractivity contribution >= 4 is 3.21 Å². The Bertz CT molecular complexity index is 1570. The molecule has 0 fully saturated rings. The molecule has 0 spiro atoms. The van der Waals surface area contributed by atoms with E-state index in [-0.39, 0.29) is 24.8 Å². The monoisotopic (exact) mass is 682 g/mol. The Labute approximate surface area is 279 Å². The summed E-state index contributed by atoms with van der Waals surface area (Å²) in [6.07, 6.45) is 2.70. The molecule has 0 saturated heterocycles. The van der Waals surface area contributed by atoms with Gasteiger partial charge in [0.1, 0.15) is 0 Å². The van der Waals surface area contributed by atoms with Crippen LogP contribution in [0.25, 0.3) is 11.1 Å². The number of rotatable bonds is 7. The number of hydrogen-bond acceptors (Lipinski definition) is 0. The molecule has 2 aliphatic carbocycles. The van der Waals surface area contributed by atoms with Crippen molar-refractivity contribution in [2.45, 2.75) is 45.2 Å². The van der Waals surface area contributed by atoms with Crippen molar-refractivity contribution in [2.24, 2.45) is 23.7 Å². The first-order valence-electron chi connectivity index (χ1n) is 15.4. The van der Waals surface area contributed by atoms with Crippen LogP contribution < -0.4 is 24.8 Å². The van der Waals surface area contributed by atoms with Crippen molar-refractivity contribution in [3.05, 3.63) is 152 Å². The van der Waals surface area contributed by atoms with Gasteiger partial charge < -0.3 is 24.8 Å². The molecule has 0 N–H and O–H groups in total. The van der Waals surface area contributed by atoms with Gasteiger partial charge in [0.05, 0.1) is 0 Å². The summed E-state index contributed by atoms with van der Waals surface area (Å²) >= 11 is -2.84. The van der Waals surface area contributed by atoms with Gasteiger partial charge in [-0.25, -0.2) is 0 Å². The van der Waals surface area contributed by atoms with Gasteiger partial charge in [-0.15, -0.1) is 0 Å². The van der Waals surface area contributed by atoms with Crippen LogP contribution in [0.2, 0.25) is 0 Å². The predicted molar refractivity (Wildman–Crippen MR) is 173 cm³/mol. The number of fused-ring (bicyclic) bond motifs is 3. The first kappa shape index (κ1) is 33.6. The molecule has 1 atom stereocenters. The van der Waals surface area contributed by atoms with Crippen LogP contribution in [-0.4, -0.2) is 3.21 Å². The van der Waals surface area contributed by atoms with Crippen molar-refractivity contribution in [1.29, 1.82) is 0 Å². The zero-order valence-corrected chi connectivity index (χ0v) is 30.1. The number of allylic oxidation sites excluding steroid dienone is 4. The van der Waals surface area contributed by atoms with E-state index in [2.05, 4.69) is 157 Å². The third kappa shape index (κ3) is 6.16. The third-order valence-corrected chi connectivity index (χ3v) is 17.6. The summed E-state index contributed by atoms with van der Waals surface area (Å²) < 4.78 is 3.91. The van der Waals surface area contributed by atoms with E-state index in [1.165, 1.54) is 22.3 Å². The second kappa shape index (κ2) is 14.2. The summed E-state index contributed by atoms with van der Waals surface area (Å²) in [5.41, 5.74) is 12.1. The smallest absolute Gasteiger partial charge is 1.00 e. The summed E-state index contributed by atoms with van der Waals surface area (Å²) in [5.74, 6) is 2.07. The van der Waals surface area contributed by atoms with Gasteiger partial charge >= 0.3 is 256 Å². The van der Waals surface area contributed by atoms with Crippen molar-refractivity contribution in [3.63, 3.8) is 0 Å². The standard InChI is InChI=1S/C14H23.C13H9.C13H10.2ClH.Zr/c1-9(2)12-7-13(10(3)4)14(8-12)11(5)6;1-3-7-12-10(5-1)9-11-6-2-4-8-13(11)12;1-3-7-12(8-4-1)11-13-9-5-2-6-10-13;;;/h7,9-12H,1-6H3;1-9H;1-10H;2*1H;/q;;;;;+2/p-2. The molecule has 0 amide bonds. The molecule has 0 heterocycles. The van der Waals surface area contributed by atoms with Gasteiger partial charge in [0, 0.05) is 0 Å². The maximum Gasteiger partial charge on any atom is -1.00 e. The van der Waals surface area contributed by atoms with E-state index in [9.17, 15) is 0 Å². The molecule has 220 valence electrons. The van der Waals surface area contributed by atoms with Gasteiger partial charge in [-0.1, -0.05) is 0 Å². The van der Waals surface area contributed by atoms with Gasteiger partial charge in [0.25, 0.3) is 0 Å². The normalized spacial score (nSPS) is 15.4. The van der Waals surface area contributed by atoms with Crippen LogP contribution in [0, 0.1) is 23.7 Å². The molecule has 43 heavy (non-hydrogen) atoms. The van der Waals surface area contributed by atoms with Crippen molar-refractivity contribution in [1.82, 2.24) is 0 Å². The molecule has 6 rings (SSSR count). The largest absolute Gasteiger partial charge is 1.00 e. The minimum atomic E-state index is -2.84. The average Bonchev–Trinajstić information content (AvgIpc) is 3.55. The van der Waals surface area contributed by atoms with E-state index >= 15 is 0 Å². The molecule has 0 aromatic heterocycles. The van der Waals surface area contributed by atoms with Crippen LogP contribution in [-0.2, 0) is 21.3 Å². The van der Waals surface area contributed by atoms with E-state index in [4.69, 9.17) is 0 Å². The van der Waals surface area contributed by atoms with Gasteiger partial charge in [-0.05, 0) is 0 Å². The Kier molecular flexibility index (Phi) is 11.1. The summed E-state index contributed by atoms with van der Waals surface area (Å²) in [6.45, 7) is 14.6. The van der Waals surface area contributed by atoms with Crippen LogP contribution in [0.4, 0.5) is 0 Å². The molecule has 0 bridgehead atoms. The molecule has 3 heteroatoms. The van der Waals surface area contributed by atoms with Crippen molar-refractivity contribution in [3.8, 4) is 11.1 Å². The topological polar surface area (TPSA) is 0 Å². The molecule has 0 saturated carbocycles. The summed E-state index contributed by atoms with van der Waals surface area (Å²) in [6, 6.07) is 41.4. The van der Waals surface area contributed by atoms with E-state index < -0.39 is 21.3 Å². The molecular weight excluding hydrogens is 643 g/mol. The molecule has 1 unspecified atom stereocenters. The fourth-order valence-corrected chi connectivity index (χ4v) is 18.2. The van der Waals surface area contributed by atoms with Crippen LogP contribution >= 0.6 is 0 Å². The maximum atomic E-state index is 2.70. The van der Waals surface area contributed by atoms with Gasteiger partial charge in [0.15, 0.2) is 0 Å². The Morgan fingerprint density at radius 3 is 1.42 bits per heavy atom. The van der Waals surface area contributed by atoms with Gasteiger partial charge in [-0.3, -0.25) is 0 Å². The van der Waals surface area contributed by atoms with Crippen molar-refractivity contribution < 1.29 is 46.1 Å². The van der Waals surface area contributed by atoms with E-state index in [1.807, 2.05) is 3.28 Å². The first-order valence-corrected chi connectivity index (χ1v) is 19.3. The molecule has 2 aliphatic rings. The summed E-state index contributed by atoms with van der Waals surface area (Å²) in [7, 11) is 0. The Morgan fingerprint density at radius 2 is 1.00 bits per heavy atom. The first-order chi connectivity index (χ1) is 19.9. The second-order valence-electron chi connectivity index (χ2n) is 12.7. The molecule has 4 aromatic rings. The van der Waals surface area contributed by atoms with Crippen LogP contribution in [0.5, 0.6) is 0 Å². The summed E-state index contributed by atoms with van der Waals surface area (Å²) in [5, 5.41) is 0. The van der Waals surface area contributed by atoms with E-state index in [0.29, 0.717) is 27.3 Å². The van der Waals surface area contributed by atoms with Gasteiger partial charge in [-0.2, -0.15) is 0 Å². The second-order valence-corrected chi connectivity index (χ2v) is 18.7. The fraction of sp³-hybridized carbons (Fsp3) is 0.275. The minimum Gasteiger partial charge on any atom is -1.00 e. The molecular formula is C40H42Cl2Zr. The molecule has 0 radical (unpaired) electrons. The molecule has 0 nitrogen and oxygen atoms in total. The zero-order valence-electron chi connectivity index (χ0n) is 26.1. The zero-order chi connectivity index (χ0) is 28.7. The number of hydrogen-bond donors (Lipinski definition) is 0. The molecule has 0 aliphatic heterocycles. The number of benzene rings is 4. The Hall–Kier alpha value is -2.31. The average molecular weight is 685 g/mol. The van der Waals surface area contributed by atoms with Crippen molar-refractivity contribution in [2.75, 3.05) is 0 Å². The van der Waals surface area contributed by atoms with Crippen LogP contribution in [0.1, 0.15) is 67.4 Å². The van der Waals surface area contributed by atoms with E-state index in [0.717, 1.165) is 0 Å². The predicted octanol–water partition coefficient (Wildman–Crippen LogP) is 4.43. The van der Waals surface area contributed by atoms with Crippen LogP contribution in [0.15, 0.2) is 130 Å². The summed E-state index contributed by atoms with van der Waals surface area (Å²) in [4.78, 5) is 0. The minimum absolute atomic E-state index is 0. The van der Waals surface area contributed by atoms with Crippen LogP contribution in [0.3, 0.4) is 0 Å². The van der Waals surface area contributed by atoms with Gasteiger partial charge in [0.2, 0.25) is 0 Å². The Morgan fingerprint density at radius 1 is 0.558 bits per heavy atom. The quantitative estimate of drug-likeness (QED) is 0.271. The molecule has 4 aromatic carbocycles. The number of halogens is 2. The Balaban J connectivity index is 0.00000212. The van der Waals surface area contributed by atoms with E-state index in [1.54, 1.807) is 25.5 Å². The maximum absolute atomic E-state index is 2.84. The SMILES string of the molecule is CC(C)C1=CC(C(C)C)[C]([Zr+2](=[C](c2ccccc2)c2ccccc2)[CH]2c3ccccc3-c3ccccc32)=C1C(C)C.[Cl-].[Cl-].